The van der Waals surface area contributed by atoms with E-state index < -0.39 is 49.5 Å². The predicted octanol–water partition coefficient (Wildman–Crippen LogP) is 15.0. The van der Waals surface area contributed by atoms with Crippen LogP contribution in [0.25, 0.3) is 0 Å². The van der Waals surface area contributed by atoms with E-state index in [4.69, 9.17) is 9.47 Å². The summed E-state index contributed by atoms with van der Waals surface area (Å²) >= 11 is 0. The molecular formula is C59H117NO8. The number of carbonyl (C=O) groups excluding carboxylic acids is 1. The molecule has 0 spiro atoms. The summed E-state index contributed by atoms with van der Waals surface area (Å²) in [5.74, 6) is -0.135. The lowest BCUT2D eigenvalue weighted by Gasteiger charge is -2.40. The van der Waals surface area contributed by atoms with Gasteiger partial charge in [-0.05, 0) is 12.8 Å². The third-order valence-electron chi connectivity index (χ3n) is 15.0. The van der Waals surface area contributed by atoms with Crippen LogP contribution in [0.4, 0.5) is 0 Å². The van der Waals surface area contributed by atoms with Crippen LogP contribution >= 0.6 is 0 Å². The lowest BCUT2D eigenvalue weighted by atomic mass is 9.99. The second kappa shape index (κ2) is 49.8. The number of ether oxygens (including phenoxy) is 2. The maximum atomic E-state index is 13.1. The second-order valence-electron chi connectivity index (χ2n) is 21.5. The normalized spacial score (nSPS) is 19.4. The summed E-state index contributed by atoms with van der Waals surface area (Å²) in [6.45, 7) is 3.89. The van der Waals surface area contributed by atoms with E-state index in [2.05, 4.69) is 19.2 Å². The Hall–Kier alpha value is -0.810. The van der Waals surface area contributed by atoms with Crippen LogP contribution in [-0.4, -0.2) is 87.5 Å². The van der Waals surface area contributed by atoms with E-state index in [1.165, 1.54) is 250 Å². The van der Waals surface area contributed by atoms with Crippen LogP contribution in [0.5, 0.6) is 0 Å². The van der Waals surface area contributed by atoms with E-state index in [-0.39, 0.29) is 12.5 Å². The number of carbonyl (C=O) groups is 1. The Kier molecular flexibility index (Phi) is 47.7. The van der Waals surface area contributed by atoms with E-state index in [1.807, 2.05) is 0 Å². The Morgan fingerprint density at radius 1 is 0.441 bits per heavy atom. The number of aliphatic hydroxyl groups excluding tert-OH is 5. The van der Waals surface area contributed by atoms with Gasteiger partial charge in [0.1, 0.15) is 24.4 Å². The second-order valence-corrected chi connectivity index (χ2v) is 21.5. The maximum Gasteiger partial charge on any atom is 0.220 e. The molecule has 406 valence electrons. The molecule has 9 nitrogen and oxygen atoms in total. The minimum Gasteiger partial charge on any atom is -0.394 e. The van der Waals surface area contributed by atoms with Gasteiger partial charge < -0.3 is 40.3 Å². The van der Waals surface area contributed by atoms with Crippen molar-refractivity contribution in [1.29, 1.82) is 0 Å². The van der Waals surface area contributed by atoms with Crippen molar-refractivity contribution in [2.45, 2.75) is 358 Å². The van der Waals surface area contributed by atoms with Gasteiger partial charge in [-0.25, -0.2) is 0 Å². The van der Waals surface area contributed by atoms with Crippen molar-refractivity contribution in [1.82, 2.24) is 5.32 Å². The first-order valence-electron chi connectivity index (χ1n) is 30.2. The van der Waals surface area contributed by atoms with Crippen LogP contribution in [0.1, 0.15) is 316 Å². The van der Waals surface area contributed by atoms with Crippen molar-refractivity contribution in [3.63, 3.8) is 0 Å². The number of hydrogen-bond donors (Lipinski definition) is 6. The highest BCUT2D eigenvalue weighted by Gasteiger charge is 2.44. The third kappa shape index (κ3) is 38.8. The molecule has 1 saturated heterocycles. The lowest BCUT2D eigenvalue weighted by Crippen LogP contribution is -2.60. The maximum absolute atomic E-state index is 13.1. The zero-order valence-corrected chi connectivity index (χ0v) is 45.2. The van der Waals surface area contributed by atoms with Crippen molar-refractivity contribution >= 4 is 5.91 Å². The van der Waals surface area contributed by atoms with Gasteiger partial charge in [0.05, 0.1) is 25.4 Å². The van der Waals surface area contributed by atoms with Crippen molar-refractivity contribution in [2.75, 3.05) is 13.2 Å². The van der Waals surface area contributed by atoms with Gasteiger partial charge in [0.2, 0.25) is 5.91 Å². The van der Waals surface area contributed by atoms with E-state index in [9.17, 15) is 30.3 Å². The molecule has 1 rings (SSSR count). The molecule has 0 saturated carbocycles. The molecule has 9 heteroatoms. The topological polar surface area (TPSA) is 149 Å². The summed E-state index contributed by atoms with van der Waals surface area (Å²) in [4.78, 5) is 13.1. The summed E-state index contributed by atoms with van der Waals surface area (Å²) in [5, 5.41) is 54.7. The van der Waals surface area contributed by atoms with Crippen LogP contribution in [0.15, 0.2) is 0 Å². The molecule has 1 heterocycles. The molecule has 2 unspecified atom stereocenters. The van der Waals surface area contributed by atoms with Crippen LogP contribution in [0, 0.1) is 0 Å². The van der Waals surface area contributed by atoms with Crippen LogP contribution < -0.4 is 5.32 Å². The molecule has 68 heavy (non-hydrogen) atoms. The molecule has 0 aliphatic carbocycles. The molecule has 1 aliphatic rings. The highest BCUT2D eigenvalue weighted by molar-refractivity contribution is 5.76. The molecule has 1 aliphatic heterocycles. The molecule has 1 amide bonds. The summed E-state index contributed by atoms with van der Waals surface area (Å²) in [6.07, 6.45) is 52.9. The largest absolute Gasteiger partial charge is 0.394 e. The summed E-state index contributed by atoms with van der Waals surface area (Å²) in [6, 6.07) is -0.713. The molecule has 0 radical (unpaired) electrons. The van der Waals surface area contributed by atoms with E-state index in [1.54, 1.807) is 0 Å². The number of unbranched alkanes of at least 4 members (excludes halogenated alkanes) is 43. The van der Waals surface area contributed by atoms with Gasteiger partial charge in [-0.15, -0.1) is 0 Å². The molecule has 0 aromatic heterocycles. The fourth-order valence-electron chi connectivity index (χ4n) is 10.2. The fraction of sp³-hybridized carbons (Fsp3) is 0.983. The zero-order chi connectivity index (χ0) is 49.4. The quantitative estimate of drug-likeness (QED) is 0.0330. The van der Waals surface area contributed by atoms with Crippen molar-refractivity contribution in [3.05, 3.63) is 0 Å². The first-order chi connectivity index (χ1) is 33.3. The SMILES string of the molecule is CCCCCCCCCCCCCCCCCCCCCCCCCCCCCCC(=O)N[C@@H](CO[C@@H]1O[C@H](CO)[C@@H](O)C(O)C1O)[C@H](O)CCCCCCCCCCCCCCCCCCC. The minimum atomic E-state index is -1.55. The van der Waals surface area contributed by atoms with Crippen LogP contribution in [0.3, 0.4) is 0 Å². The lowest BCUT2D eigenvalue weighted by molar-refractivity contribution is -0.302. The summed E-state index contributed by atoms with van der Waals surface area (Å²) in [7, 11) is 0. The van der Waals surface area contributed by atoms with Gasteiger partial charge in [-0.3, -0.25) is 4.79 Å². The molecule has 6 N–H and O–H groups in total. The first-order valence-corrected chi connectivity index (χ1v) is 30.2. The highest BCUT2D eigenvalue weighted by atomic mass is 16.7. The molecule has 1 fully saturated rings. The Bertz CT molecular complexity index is 1030. The van der Waals surface area contributed by atoms with E-state index in [0.29, 0.717) is 12.8 Å². The van der Waals surface area contributed by atoms with Crippen molar-refractivity contribution in [2.24, 2.45) is 0 Å². The van der Waals surface area contributed by atoms with E-state index in [0.717, 1.165) is 38.5 Å². The number of hydrogen-bond acceptors (Lipinski definition) is 8. The van der Waals surface area contributed by atoms with Crippen LogP contribution in [0.2, 0.25) is 0 Å². The molecule has 0 aromatic rings. The van der Waals surface area contributed by atoms with Gasteiger partial charge in [0, 0.05) is 6.42 Å². The Morgan fingerprint density at radius 3 is 1.04 bits per heavy atom. The number of nitrogens with one attached hydrogen (secondary N) is 1. The minimum absolute atomic E-state index is 0.131. The van der Waals surface area contributed by atoms with Gasteiger partial charge in [-0.1, -0.05) is 296 Å². The van der Waals surface area contributed by atoms with Gasteiger partial charge in [0.15, 0.2) is 6.29 Å². The molecule has 0 bridgehead atoms. The Balaban J connectivity index is 2.13. The first kappa shape index (κ1) is 65.2. The number of aliphatic hydroxyl groups is 5. The smallest absolute Gasteiger partial charge is 0.220 e. The van der Waals surface area contributed by atoms with Gasteiger partial charge in [-0.2, -0.15) is 0 Å². The van der Waals surface area contributed by atoms with E-state index >= 15 is 0 Å². The predicted molar refractivity (Wildman–Crippen MR) is 286 cm³/mol. The van der Waals surface area contributed by atoms with Crippen molar-refractivity contribution < 1.29 is 39.8 Å². The highest BCUT2D eigenvalue weighted by Crippen LogP contribution is 2.24. The van der Waals surface area contributed by atoms with Gasteiger partial charge in [0.25, 0.3) is 0 Å². The monoisotopic (exact) mass is 968 g/mol. The van der Waals surface area contributed by atoms with Crippen molar-refractivity contribution in [3.8, 4) is 0 Å². The fourth-order valence-corrected chi connectivity index (χ4v) is 10.2. The molecule has 0 aromatic carbocycles. The van der Waals surface area contributed by atoms with Gasteiger partial charge >= 0.3 is 0 Å². The average molecular weight is 969 g/mol. The molecule has 7 atom stereocenters. The standard InChI is InChI=1S/C59H117NO8/c1-3-5-7-9-11-13-15-17-19-21-22-23-24-25-26-27-28-29-30-31-33-35-37-39-41-43-45-47-49-55(63)60-52(51-67-59-58(66)57(65)56(64)54(50-61)68-59)53(62)48-46-44-42-40-38-36-34-32-20-18-16-14-12-10-8-6-4-2/h52-54,56-59,61-62,64-66H,3-51H2,1-2H3,(H,60,63)/t52-,53+,54+,56+,57?,58?,59+/m0/s1. The number of amides is 1. The summed E-state index contributed by atoms with van der Waals surface area (Å²) < 4.78 is 11.3. The average Bonchev–Trinajstić information content (AvgIpc) is 3.34. The Labute approximate surface area is 421 Å². The number of rotatable bonds is 53. The van der Waals surface area contributed by atoms with Crippen LogP contribution in [-0.2, 0) is 14.3 Å². The zero-order valence-electron chi connectivity index (χ0n) is 45.2. The third-order valence-corrected chi connectivity index (χ3v) is 15.0. The molecular weight excluding hydrogens is 851 g/mol. The summed E-state index contributed by atoms with van der Waals surface area (Å²) in [5.41, 5.74) is 0. The Morgan fingerprint density at radius 2 is 0.735 bits per heavy atom.